The summed E-state index contributed by atoms with van der Waals surface area (Å²) in [5.74, 6) is -0.871. The number of nitrogens with one attached hydrogen (secondary N) is 1. The molecule has 0 spiro atoms. The molecule has 0 aliphatic rings. The highest BCUT2D eigenvalue weighted by molar-refractivity contribution is 7.13. The first-order chi connectivity index (χ1) is 11.9. The number of hydrogen-bond acceptors (Lipinski definition) is 5. The van der Waals surface area contributed by atoms with Gasteiger partial charge < -0.3 is 9.73 Å². The van der Waals surface area contributed by atoms with Crippen LogP contribution in [-0.4, -0.2) is 15.7 Å². The quantitative estimate of drug-likeness (QED) is 0.710. The minimum atomic E-state index is -0.685. The summed E-state index contributed by atoms with van der Waals surface area (Å²) in [5, 5.41) is 9.64. The Labute approximate surface area is 157 Å². The molecule has 1 atom stereocenters. The lowest BCUT2D eigenvalue weighted by Crippen LogP contribution is -2.33. The van der Waals surface area contributed by atoms with Crippen molar-refractivity contribution in [3.8, 4) is 10.8 Å². The molecule has 1 aromatic carbocycles. The summed E-state index contributed by atoms with van der Waals surface area (Å²) < 4.78 is 6.06. The lowest BCUT2D eigenvalue weighted by molar-refractivity contribution is -0.122. The minimum absolute atomic E-state index is 0.196. The molecule has 0 aliphatic heterocycles. The van der Waals surface area contributed by atoms with Crippen LogP contribution in [0.2, 0.25) is 10.0 Å². The van der Waals surface area contributed by atoms with Gasteiger partial charge in [-0.2, -0.15) is 4.68 Å². The predicted octanol–water partition coefficient (Wildman–Crippen LogP) is 3.75. The standard InChI is InChI=1S/C16H13Cl2N3O3S/c1-9(11-5-4-10(17)7-12(11)18)19-14(22)8-21-16(23)24-15(20-21)13-3-2-6-25-13/h2-7,9H,8H2,1H3,(H,19,22). The number of halogens is 2. The summed E-state index contributed by atoms with van der Waals surface area (Å²) in [7, 11) is 0. The Bertz CT molecular complexity index is 950. The molecule has 3 rings (SSSR count). The van der Waals surface area contributed by atoms with Crippen LogP contribution in [0.15, 0.2) is 44.9 Å². The average molecular weight is 398 g/mol. The van der Waals surface area contributed by atoms with Crippen molar-refractivity contribution in [3.05, 3.63) is 61.9 Å². The van der Waals surface area contributed by atoms with Crippen molar-refractivity contribution in [3.63, 3.8) is 0 Å². The number of nitrogens with zero attached hydrogens (tertiary/aromatic N) is 2. The van der Waals surface area contributed by atoms with Gasteiger partial charge in [-0.15, -0.1) is 16.4 Å². The van der Waals surface area contributed by atoms with Gasteiger partial charge >= 0.3 is 5.76 Å². The predicted molar refractivity (Wildman–Crippen MR) is 97.1 cm³/mol. The molecule has 0 radical (unpaired) electrons. The molecular weight excluding hydrogens is 385 g/mol. The Kier molecular flexibility index (Phi) is 5.27. The highest BCUT2D eigenvalue weighted by Gasteiger charge is 2.17. The lowest BCUT2D eigenvalue weighted by Gasteiger charge is -2.15. The Balaban J connectivity index is 1.69. The molecule has 0 bridgehead atoms. The van der Waals surface area contributed by atoms with Gasteiger partial charge in [-0.05, 0) is 36.1 Å². The molecule has 1 amide bonds. The summed E-state index contributed by atoms with van der Waals surface area (Å²) in [6.45, 7) is 1.54. The van der Waals surface area contributed by atoms with E-state index in [4.69, 9.17) is 27.6 Å². The summed E-state index contributed by atoms with van der Waals surface area (Å²) in [4.78, 5) is 24.8. The van der Waals surface area contributed by atoms with Crippen LogP contribution in [0, 0.1) is 0 Å². The zero-order chi connectivity index (χ0) is 18.0. The smallest absolute Gasteiger partial charge is 0.387 e. The van der Waals surface area contributed by atoms with Gasteiger partial charge in [0.05, 0.1) is 10.9 Å². The van der Waals surface area contributed by atoms with Crippen LogP contribution in [-0.2, 0) is 11.3 Å². The van der Waals surface area contributed by atoms with E-state index in [-0.39, 0.29) is 24.4 Å². The Morgan fingerprint density at radius 2 is 2.20 bits per heavy atom. The summed E-state index contributed by atoms with van der Waals surface area (Å²) in [6, 6.07) is 8.30. The molecule has 0 fully saturated rings. The third kappa shape index (κ3) is 4.12. The van der Waals surface area contributed by atoms with E-state index < -0.39 is 5.76 Å². The van der Waals surface area contributed by atoms with Crippen molar-refractivity contribution in [2.75, 3.05) is 0 Å². The summed E-state index contributed by atoms with van der Waals surface area (Å²) >= 11 is 13.4. The van der Waals surface area contributed by atoms with Gasteiger partial charge in [0.25, 0.3) is 5.89 Å². The maximum Gasteiger partial charge on any atom is 0.437 e. The molecule has 25 heavy (non-hydrogen) atoms. The SMILES string of the molecule is CC(NC(=O)Cn1nc(-c2cccs2)oc1=O)c1ccc(Cl)cc1Cl. The molecule has 2 aromatic heterocycles. The number of benzene rings is 1. The van der Waals surface area contributed by atoms with Gasteiger partial charge in [0.1, 0.15) is 6.54 Å². The van der Waals surface area contributed by atoms with Crippen molar-refractivity contribution in [1.82, 2.24) is 15.1 Å². The molecule has 3 aromatic rings. The van der Waals surface area contributed by atoms with Crippen LogP contribution in [0.5, 0.6) is 0 Å². The molecule has 9 heteroatoms. The second kappa shape index (κ2) is 7.43. The fourth-order valence-electron chi connectivity index (χ4n) is 2.26. The number of carbonyl (C=O) groups is 1. The maximum absolute atomic E-state index is 12.2. The van der Waals surface area contributed by atoms with Gasteiger partial charge in [0.2, 0.25) is 5.91 Å². The van der Waals surface area contributed by atoms with Crippen molar-refractivity contribution in [2.24, 2.45) is 0 Å². The molecule has 6 nitrogen and oxygen atoms in total. The third-order valence-corrected chi connectivity index (χ3v) is 4.86. The van der Waals surface area contributed by atoms with Crippen molar-refractivity contribution in [2.45, 2.75) is 19.5 Å². The van der Waals surface area contributed by atoms with E-state index in [1.54, 1.807) is 31.2 Å². The van der Waals surface area contributed by atoms with Gasteiger partial charge in [0.15, 0.2) is 0 Å². The van der Waals surface area contributed by atoms with E-state index in [0.29, 0.717) is 10.0 Å². The van der Waals surface area contributed by atoms with E-state index in [0.717, 1.165) is 15.1 Å². The lowest BCUT2D eigenvalue weighted by atomic mass is 10.1. The molecule has 130 valence electrons. The van der Waals surface area contributed by atoms with Crippen LogP contribution in [0.1, 0.15) is 18.5 Å². The molecule has 0 saturated heterocycles. The number of aromatic nitrogens is 2. The molecule has 0 aliphatic carbocycles. The molecular formula is C16H13Cl2N3O3S. The Hall–Kier alpha value is -2.09. The molecule has 0 saturated carbocycles. The first-order valence-corrected chi connectivity index (χ1v) is 8.93. The molecule has 1 unspecified atom stereocenters. The van der Waals surface area contributed by atoms with Crippen molar-refractivity contribution < 1.29 is 9.21 Å². The highest BCUT2D eigenvalue weighted by atomic mass is 35.5. The zero-order valence-electron chi connectivity index (χ0n) is 13.0. The van der Waals surface area contributed by atoms with E-state index in [2.05, 4.69) is 10.4 Å². The average Bonchev–Trinajstić information content (AvgIpc) is 3.17. The topological polar surface area (TPSA) is 77.1 Å². The third-order valence-electron chi connectivity index (χ3n) is 3.44. The monoisotopic (exact) mass is 397 g/mol. The van der Waals surface area contributed by atoms with Gasteiger partial charge in [-0.25, -0.2) is 4.79 Å². The number of hydrogen-bond donors (Lipinski definition) is 1. The van der Waals surface area contributed by atoms with Crippen LogP contribution in [0.4, 0.5) is 0 Å². The summed E-state index contributed by atoms with van der Waals surface area (Å²) in [6.07, 6.45) is 0. The van der Waals surface area contributed by atoms with Crippen LogP contribution < -0.4 is 11.1 Å². The maximum atomic E-state index is 12.2. The second-order valence-electron chi connectivity index (χ2n) is 5.26. The summed E-state index contributed by atoms with van der Waals surface area (Å²) in [5.41, 5.74) is 0.728. The van der Waals surface area contributed by atoms with Gasteiger partial charge in [0, 0.05) is 10.0 Å². The molecule has 1 N–H and O–H groups in total. The van der Waals surface area contributed by atoms with Crippen LogP contribution in [0.3, 0.4) is 0 Å². The Morgan fingerprint density at radius 3 is 2.88 bits per heavy atom. The van der Waals surface area contributed by atoms with Crippen LogP contribution >= 0.6 is 34.5 Å². The van der Waals surface area contributed by atoms with Gasteiger partial charge in [-0.1, -0.05) is 35.3 Å². The fraction of sp³-hybridized carbons (Fsp3) is 0.188. The number of amides is 1. The number of thiophene rings is 1. The number of rotatable bonds is 5. The van der Waals surface area contributed by atoms with E-state index >= 15 is 0 Å². The van der Waals surface area contributed by atoms with Gasteiger partial charge in [-0.3, -0.25) is 4.79 Å². The second-order valence-corrected chi connectivity index (χ2v) is 7.05. The van der Waals surface area contributed by atoms with Crippen molar-refractivity contribution in [1.29, 1.82) is 0 Å². The Morgan fingerprint density at radius 1 is 1.40 bits per heavy atom. The zero-order valence-corrected chi connectivity index (χ0v) is 15.4. The normalized spacial score (nSPS) is 12.1. The fourth-order valence-corrected chi connectivity index (χ4v) is 3.48. The van der Waals surface area contributed by atoms with Crippen LogP contribution in [0.25, 0.3) is 10.8 Å². The number of carbonyl (C=O) groups excluding carboxylic acids is 1. The largest absolute Gasteiger partial charge is 0.437 e. The van der Waals surface area contributed by atoms with E-state index in [9.17, 15) is 9.59 Å². The molecule has 2 heterocycles. The first kappa shape index (κ1) is 17.7. The van der Waals surface area contributed by atoms with E-state index in [1.807, 2.05) is 11.4 Å². The van der Waals surface area contributed by atoms with Crippen molar-refractivity contribution >= 4 is 40.4 Å². The first-order valence-electron chi connectivity index (χ1n) is 7.30. The highest BCUT2D eigenvalue weighted by Crippen LogP contribution is 2.26. The minimum Gasteiger partial charge on any atom is -0.387 e. The van der Waals surface area contributed by atoms with E-state index in [1.165, 1.54) is 11.3 Å².